The Labute approximate surface area is 110 Å². The Hall–Kier alpha value is -1.45. The minimum atomic E-state index is -0.0476. The van der Waals surface area contributed by atoms with E-state index in [1.165, 1.54) is 0 Å². The number of amides is 1. The lowest BCUT2D eigenvalue weighted by atomic mass is 10.1. The highest BCUT2D eigenvalue weighted by Gasteiger charge is 2.16. The van der Waals surface area contributed by atoms with Crippen LogP contribution in [0.15, 0.2) is 12.3 Å². The predicted octanol–water partition coefficient (Wildman–Crippen LogP) is 2.82. The van der Waals surface area contributed by atoms with Gasteiger partial charge in [-0.3, -0.25) is 4.79 Å². The SMILES string of the molecule is CC(C)CC(C)NC(=O)c1cc(N)cn1C(C)C. The number of hydrogen-bond acceptors (Lipinski definition) is 2. The molecule has 0 aromatic carbocycles. The Morgan fingerprint density at radius 1 is 1.33 bits per heavy atom. The maximum Gasteiger partial charge on any atom is 0.268 e. The van der Waals surface area contributed by atoms with Crippen LogP contribution in [0.3, 0.4) is 0 Å². The molecule has 1 amide bonds. The van der Waals surface area contributed by atoms with Gasteiger partial charge in [0.2, 0.25) is 0 Å². The van der Waals surface area contributed by atoms with Crippen LogP contribution >= 0.6 is 0 Å². The van der Waals surface area contributed by atoms with Crippen LogP contribution in [-0.4, -0.2) is 16.5 Å². The Morgan fingerprint density at radius 3 is 2.44 bits per heavy atom. The third-order valence-electron chi connectivity index (χ3n) is 2.86. The Bertz CT molecular complexity index is 407. The molecule has 1 rings (SSSR count). The number of nitrogens with one attached hydrogen (secondary N) is 1. The van der Waals surface area contributed by atoms with Crippen molar-refractivity contribution in [1.29, 1.82) is 0 Å². The number of rotatable bonds is 5. The summed E-state index contributed by atoms with van der Waals surface area (Å²) in [5.74, 6) is 0.524. The number of anilines is 1. The van der Waals surface area contributed by atoms with Gasteiger partial charge in [-0.1, -0.05) is 13.8 Å². The highest BCUT2D eigenvalue weighted by atomic mass is 16.2. The Kier molecular flexibility index (Phi) is 4.82. The van der Waals surface area contributed by atoms with E-state index < -0.39 is 0 Å². The quantitative estimate of drug-likeness (QED) is 0.845. The second-order valence-corrected chi connectivity index (χ2v) is 5.66. The molecule has 4 nitrogen and oxygen atoms in total. The van der Waals surface area contributed by atoms with Crippen molar-refractivity contribution in [1.82, 2.24) is 9.88 Å². The summed E-state index contributed by atoms with van der Waals surface area (Å²) in [5.41, 5.74) is 7.03. The molecule has 0 saturated carbocycles. The van der Waals surface area contributed by atoms with Crippen molar-refractivity contribution in [2.24, 2.45) is 5.92 Å². The Morgan fingerprint density at radius 2 is 1.94 bits per heavy atom. The van der Waals surface area contributed by atoms with Gasteiger partial charge in [-0.25, -0.2) is 0 Å². The van der Waals surface area contributed by atoms with Gasteiger partial charge in [0.15, 0.2) is 0 Å². The second kappa shape index (κ2) is 5.94. The van der Waals surface area contributed by atoms with E-state index >= 15 is 0 Å². The van der Waals surface area contributed by atoms with Crippen LogP contribution in [0.2, 0.25) is 0 Å². The van der Waals surface area contributed by atoms with Crippen LogP contribution in [0.25, 0.3) is 0 Å². The summed E-state index contributed by atoms with van der Waals surface area (Å²) in [7, 11) is 0. The van der Waals surface area contributed by atoms with Gasteiger partial charge < -0.3 is 15.6 Å². The summed E-state index contributed by atoms with van der Waals surface area (Å²) >= 11 is 0. The standard InChI is InChI=1S/C14H25N3O/c1-9(2)6-11(5)16-14(18)13-7-12(15)8-17(13)10(3)4/h7-11H,6,15H2,1-5H3,(H,16,18). The van der Waals surface area contributed by atoms with Crippen molar-refractivity contribution in [3.05, 3.63) is 18.0 Å². The summed E-state index contributed by atoms with van der Waals surface area (Å²) in [4.78, 5) is 12.2. The van der Waals surface area contributed by atoms with Crippen LogP contribution in [0, 0.1) is 5.92 Å². The molecule has 0 radical (unpaired) electrons. The molecule has 1 aromatic heterocycles. The average Bonchev–Trinajstić information content (AvgIpc) is 2.58. The number of carbonyl (C=O) groups is 1. The van der Waals surface area contributed by atoms with Gasteiger partial charge in [-0.15, -0.1) is 0 Å². The van der Waals surface area contributed by atoms with Gasteiger partial charge in [0.1, 0.15) is 5.69 Å². The number of nitrogens with two attached hydrogens (primary N) is 1. The molecule has 4 heteroatoms. The van der Waals surface area contributed by atoms with Crippen LogP contribution < -0.4 is 11.1 Å². The van der Waals surface area contributed by atoms with Crippen LogP contribution in [0.4, 0.5) is 5.69 Å². The highest BCUT2D eigenvalue weighted by Crippen LogP contribution is 2.16. The van der Waals surface area contributed by atoms with E-state index in [0.29, 0.717) is 17.3 Å². The topological polar surface area (TPSA) is 60.1 Å². The summed E-state index contributed by atoms with van der Waals surface area (Å²) in [6.45, 7) is 10.4. The molecule has 0 aliphatic heterocycles. The fourth-order valence-electron chi connectivity index (χ4n) is 2.17. The van der Waals surface area contributed by atoms with Crippen molar-refractivity contribution in [2.45, 2.75) is 53.1 Å². The molecule has 1 unspecified atom stereocenters. The Balaban J connectivity index is 2.78. The lowest BCUT2D eigenvalue weighted by molar-refractivity contribution is 0.0925. The average molecular weight is 251 g/mol. The van der Waals surface area contributed by atoms with Gasteiger partial charge in [-0.05, 0) is 39.2 Å². The summed E-state index contributed by atoms with van der Waals surface area (Å²) in [6.07, 6.45) is 2.79. The van der Waals surface area contributed by atoms with Crippen molar-refractivity contribution >= 4 is 11.6 Å². The molecular weight excluding hydrogens is 226 g/mol. The lowest BCUT2D eigenvalue weighted by Gasteiger charge is -2.18. The summed E-state index contributed by atoms with van der Waals surface area (Å²) in [6, 6.07) is 2.13. The number of nitrogen functional groups attached to an aromatic ring is 1. The van der Waals surface area contributed by atoms with Gasteiger partial charge >= 0.3 is 0 Å². The molecule has 102 valence electrons. The monoisotopic (exact) mass is 251 g/mol. The van der Waals surface area contributed by atoms with Gasteiger partial charge in [0.25, 0.3) is 5.91 Å². The zero-order valence-corrected chi connectivity index (χ0v) is 12.0. The molecule has 0 fully saturated rings. The van der Waals surface area contributed by atoms with E-state index in [4.69, 9.17) is 5.73 Å². The van der Waals surface area contributed by atoms with E-state index in [9.17, 15) is 4.79 Å². The third kappa shape index (κ3) is 3.79. The molecule has 1 aromatic rings. The second-order valence-electron chi connectivity index (χ2n) is 5.66. The first-order valence-corrected chi connectivity index (χ1v) is 6.59. The zero-order chi connectivity index (χ0) is 13.9. The van der Waals surface area contributed by atoms with Crippen molar-refractivity contribution in [2.75, 3.05) is 5.73 Å². The van der Waals surface area contributed by atoms with Crippen molar-refractivity contribution in [3.63, 3.8) is 0 Å². The van der Waals surface area contributed by atoms with E-state index in [1.807, 2.05) is 31.5 Å². The first-order chi connectivity index (χ1) is 8.31. The van der Waals surface area contributed by atoms with Gasteiger partial charge in [-0.2, -0.15) is 0 Å². The summed E-state index contributed by atoms with van der Waals surface area (Å²) in [5, 5.41) is 3.02. The molecule has 18 heavy (non-hydrogen) atoms. The van der Waals surface area contributed by atoms with Gasteiger partial charge in [0, 0.05) is 18.3 Å². The summed E-state index contributed by atoms with van der Waals surface area (Å²) < 4.78 is 1.91. The molecule has 3 N–H and O–H groups in total. The van der Waals surface area contributed by atoms with Crippen LogP contribution in [-0.2, 0) is 0 Å². The zero-order valence-electron chi connectivity index (χ0n) is 12.0. The fourth-order valence-corrected chi connectivity index (χ4v) is 2.17. The molecule has 0 aliphatic carbocycles. The fraction of sp³-hybridized carbons (Fsp3) is 0.643. The molecule has 0 saturated heterocycles. The van der Waals surface area contributed by atoms with Crippen LogP contribution in [0.5, 0.6) is 0 Å². The maximum atomic E-state index is 12.2. The normalized spacial score (nSPS) is 13.1. The minimum absolute atomic E-state index is 0.0476. The van der Waals surface area contributed by atoms with Crippen LogP contribution in [0.1, 0.15) is 57.6 Å². The van der Waals surface area contributed by atoms with E-state index in [2.05, 4.69) is 19.2 Å². The van der Waals surface area contributed by atoms with Crippen molar-refractivity contribution in [3.8, 4) is 0 Å². The number of carbonyl (C=O) groups excluding carboxylic acids is 1. The number of aromatic nitrogens is 1. The minimum Gasteiger partial charge on any atom is -0.397 e. The number of hydrogen-bond donors (Lipinski definition) is 2. The highest BCUT2D eigenvalue weighted by molar-refractivity contribution is 5.94. The maximum absolute atomic E-state index is 12.2. The smallest absolute Gasteiger partial charge is 0.268 e. The molecule has 1 atom stereocenters. The largest absolute Gasteiger partial charge is 0.397 e. The third-order valence-corrected chi connectivity index (χ3v) is 2.86. The lowest BCUT2D eigenvalue weighted by Crippen LogP contribution is -2.34. The van der Waals surface area contributed by atoms with Crippen molar-refractivity contribution < 1.29 is 4.79 Å². The molecule has 0 spiro atoms. The van der Waals surface area contributed by atoms with E-state index in [1.54, 1.807) is 6.07 Å². The van der Waals surface area contributed by atoms with E-state index in [-0.39, 0.29) is 18.0 Å². The van der Waals surface area contributed by atoms with E-state index in [0.717, 1.165) is 6.42 Å². The first kappa shape index (κ1) is 14.6. The molecule has 0 bridgehead atoms. The molecular formula is C14H25N3O. The molecule has 0 aliphatic rings. The first-order valence-electron chi connectivity index (χ1n) is 6.59. The number of nitrogens with zero attached hydrogens (tertiary/aromatic N) is 1. The predicted molar refractivity (Wildman–Crippen MR) is 75.6 cm³/mol. The van der Waals surface area contributed by atoms with Gasteiger partial charge in [0.05, 0.1) is 5.69 Å². The molecule has 1 heterocycles.